The van der Waals surface area contributed by atoms with Gasteiger partial charge in [-0.05, 0) is 35.4 Å². The monoisotopic (exact) mass is 376 g/mol. The third-order valence-corrected chi connectivity index (χ3v) is 3.96. The SMILES string of the molecule is COc1cc([C@@H](O)[C@@H](CO)Oc2ccc(/C=C/CO)cc2OC)ccc1O. The molecule has 7 nitrogen and oxygen atoms in total. The van der Waals surface area contributed by atoms with Crippen LogP contribution in [0.1, 0.15) is 17.2 Å². The molecule has 2 rings (SSSR count). The predicted octanol–water partition coefficient (Wildman–Crippen LogP) is 1.89. The fourth-order valence-electron chi connectivity index (χ4n) is 2.53. The zero-order chi connectivity index (χ0) is 19.8. The second kappa shape index (κ2) is 9.82. The molecule has 0 heterocycles. The van der Waals surface area contributed by atoms with E-state index in [4.69, 9.17) is 19.3 Å². The summed E-state index contributed by atoms with van der Waals surface area (Å²) < 4.78 is 16.1. The van der Waals surface area contributed by atoms with Gasteiger partial charge in [0.25, 0.3) is 0 Å². The average molecular weight is 376 g/mol. The highest BCUT2D eigenvalue weighted by molar-refractivity contribution is 5.56. The molecular formula is C20H24O7. The number of hydrogen-bond donors (Lipinski definition) is 4. The van der Waals surface area contributed by atoms with Crippen LogP contribution in [0.25, 0.3) is 6.08 Å². The van der Waals surface area contributed by atoms with Gasteiger partial charge in [0.1, 0.15) is 6.10 Å². The molecule has 0 aliphatic carbocycles. The number of phenols is 1. The molecule has 0 fully saturated rings. The lowest BCUT2D eigenvalue weighted by atomic mass is 10.0. The van der Waals surface area contributed by atoms with Gasteiger partial charge in [-0.15, -0.1) is 0 Å². The molecule has 0 aliphatic rings. The molecule has 7 heteroatoms. The Balaban J connectivity index is 2.24. The van der Waals surface area contributed by atoms with Gasteiger partial charge in [0, 0.05) is 0 Å². The summed E-state index contributed by atoms with van der Waals surface area (Å²) in [6.07, 6.45) is 1.19. The van der Waals surface area contributed by atoms with Crippen LogP contribution in [-0.2, 0) is 0 Å². The molecular weight excluding hydrogens is 352 g/mol. The van der Waals surface area contributed by atoms with Crippen molar-refractivity contribution in [2.45, 2.75) is 12.2 Å². The van der Waals surface area contributed by atoms with Crippen LogP contribution in [-0.4, -0.2) is 54.0 Å². The molecule has 0 radical (unpaired) electrons. The predicted molar refractivity (Wildman–Crippen MR) is 100 cm³/mol. The molecule has 2 aromatic carbocycles. The molecule has 0 saturated heterocycles. The van der Waals surface area contributed by atoms with Gasteiger partial charge >= 0.3 is 0 Å². The van der Waals surface area contributed by atoms with Gasteiger partial charge in [-0.2, -0.15) is 0 Å². The van der Waals surface area contributed by atoms with Crippen molar-refractivity contribution in [2.24, 2.45) is 0 Å². The number of aliphatic hydroxyl groups is 3. The second-order valence-electron chi connectivity index (χ2n) is 5.71. The van der Waals surface area contributed by atoms with Crippen molar-refractivity contribution >= 4 is 6.08 Å². The van der Waals surface area contributed by atoms with Crippen molar-refractivity contribution in [1.29, 1.82) is 0 Å². The molecule has 146 valence electrons. The van der Waals surface area contributed by atoms with E-state index in [1.54, 1.807) is 30.4 Å². The van der Waals surface area contributed by atoms with Crippen molar-refractivity contribution in [3.05, 3.63) is 53.6 Å². The molecule has 2 aromatic rings. The number of benzene rings is 2. The van der Waals surface area contributed by atoms with E-state index in [0.29, 0.717) is 17.1 Å². The molecule has 27 heavy (non-hydrogen) atoms. The van der Waals surface area contributed by atoms with Crippen LogP contribution in [0.15, 0.2) is 42.5 Å². The molecule has 0 spiro atoms. The maximum Gasteiger partial charge on any atom is 0.161 e. The van der Waals surface area contributed by atoms with E-state index in [1.165, 1.54) is 32.4 Å². The second-order valence-corrected chi connectivity index (χ2v) is 5.71. The largest absolute Gasteiger partial charge is 0.504 e. The fourth-order valence-corrected chi connectivity index (χ4v) is 2.53. The smallest absolute Gasteiger partial charge is 0.161 e. The molecule has 0 saturated carbocycles. The minimum atomic E-state index is -1.16. The van der Waals surface area contributed by atoms with Crippen LogP contribution >= 0.6 is 0 Å². The van der Waals surface area contributed by atoms with E-state index in [1.807, 2.05) is 0 Å². The summed E-state index contributed by atoms with van der Waals surface area (Å²) in [4.78, 5) is 0. The van der Waals surface area contributed by atoms with Crippen LogP contribution < -0.4 is 14.2 Å². The molecule has 0 aromatic heterocycles. The standard InChI is InChI=1S/C20H24O7/c1-25-17-11-14(6-7-15(17)23)20(24)19(12-22)27-16-8-5-13(4-3-9-21)10-18(16)26-2/h3-8,10-11,19-24H,9,12H2,1-2H3/b4-3+/t19-,20-/m1/s1. The molecule has 4 N–H and O–H groups in total. The zero-order valence-electron chi connectivity index (χ0n) is 15.2. The number of methoxy groups -OCH3 is 2. The maximum absolute atomic E-state index is 10.6. The zero-order valence-corrected chi connectivity index (χ0v) is 15.2. The van der Waals surface area contributed by atoms with Crippen LogP contribution in [0.4, 0.5) is 0 Å². The molecule has 2 atom stereocenters. The van der Waals surface area contributed by atoms with Crippen LogP contribution in [0, 0.1) is 0 Å². The highest BCUT2D eigenvalue weighted by Crippen LogP contribution is 2.34. The maximum atomic E-state index is 10.6. The highest BCUT2D eigenvalue weighted by Gasteiger charge is 2.24. The Bertz CT molecular complexity index is 773. The Morgan fingerprint density at radius 1 is 0.963 bits per heavy atom. The van der Waals surface area contributed by atoms with Crippen LogP contribution in [0.5, 0.6) is 23.0 Å². The average Bonchev–Trinajstić information content (AvgIpc) is 2.70. The van der Waals surface area contributed by atoms with E-state index in [2.05, 4.69) is 0 Å². The van der Waals surface area contributed by atoms with Crippen molar-refractivity contribution in [2.75, 3.05) is 27.4 Å². The number of aromatic hydroxyl groups is 1. The van der Waals surface area contributed by atoms with E-state index in [0.717, 1.165) is 5.56 Å². The first-order valence-corrected chi connectivity index (χ1v) is 8.32. The number of phenolic OH excluding ortho intramolecular Hbond substituents is 1. The normalized spacial score (nSPS) is 13.4. The summed E-state index contributed by atoms with van der Waals surface area (Å²) in [5.74, 6) is 0.926. The first-order valence-electron chi connectivity index (χ1n) is 8.32. The summed E-state index contributed by atoms with van der Waals surface area (Å²) in [5.41, 5.74) is 1.22. The van der Waals surface area contributed by atoms with E-state index in [-0.39, 0.29) is 18.1 Å². The van der Waals surface area contributed by atoms with Gasteiger partial charge in [-0.1, -0.05) is 24.3 Å². The quantitative estimate of drug-likeness (QED) is 0.529. The van der Waals surface area contributed by atoms with Crippen molar-refractivity contribution in [3.8, 4) is 23.0 Å². The lowest BCUT2D eigenvalue weighted by Gasteiger charge is -2.24. The summed E-state index contributed by atoms with van der Waals surface area (Å²) in [5, 5.41) is 38.8. The van der Waals surface area contributed by atoms with Gasteiger partial charge in [0.2, 0.25) is 0 Å². The van der Waals surface area contributed by atoms with Crippen molar-refractivity contribution in [1.82, 2.24) is 0 Å². The molecule has 0 unspecified atom stereocenters. The summed E-state index contributed by atoms with van der Waals surface area (Å²) in [6, 6.07) is 9.53. The number of ether oxygens (including phenoxy) is 3. The van der Waals surface area contributed by atoms with Gasteiger partial charge in [-0.25, -0.2) is 0 Å². The van der Waals surface area contributed by atoms with E-state index < -0.39 is 18.8 Å². The third kappa shape index (κ3) is 5.13. The summed E-state index contributed by atoms with van der Waals surface area (Å²) in [7, 11) is 2.89. The highest BCUT2D eigenvalue weighted by atomic mass is 16.5. The number of aliphatic hydroxyl groups excluding tert-OH is 3. The Morgan fingerprint density at radius 3 is 2.33 bits per heavy atom. The van der Waals surface area contributed by atoms with E-state index >= 15 is 0 Å². The van der Waals surface area contributed by atoms with E-state index in [9.17, 15) is 15.3 Å². The fraction of sp³-hybridized carbons (Fsp3) is 0.300. The van der Waals surface area contributed by atoms with Crippen molar-refractivity contribution in [3.63, 3.8) is 0 Å². The molecule has 0 bridgehead atoms. The van der Waals surface area contributed by atoms with Gasteiger partial charge in [0.05, 0.1) is 27.4 Å². The lowest BCUT2D eigenvalue weighted by molar-refractivity contribution is -0.000515. The minimum absolute atomic E-state index is 0.0527. The topological polar surface area (TPSA) is 109 Å². The van der Waals surface area contributed by atoms with Crippen LogP contribution in [0.3, 0.4) is 0 Å². The van der Waals surface area contributed by atoms with Gasteiger partial charge in [-0.3, -0.25) is 0 Å². The Hall–Kier alpha value is -2.74. The van der Waals surface area contributed by atoms with Crippen molar-refractivity contribution < 1.29 is 34.6 Å². The Kier molecular flexibility index (Phi) is 7.48. The molecule has 0 aliphatic heterocycles. The molecule has 0 amide bonds. The minimum Gasteiger partial charge on any atom is -0.504 e. The first-order chi connectivity index (χ1) is 13.0. The summed E-state index contributed by atoms with van der Waals surface area (Å²) in [6.45, 7) is -0.519. The lowest BCUT2D eigenvalue weighted by Crippen LogP contribution is -2.29. The third-order valence-electron chi connectivity index (χ3n) is 3.96. The van der Waals surface area contributed by atoms with Crippen LogP contribution in [0.2, 0.25) is 0 Å². The Labute approximate surface area is 157 Å². The number of hydrogen-bond acceptors (Lipinski definition) is 7. The Morgan fingerprint density at radius 2 is 1.70 bits per heavy atom. The number of rotatable bonds is 9. The van der Waals surface area contributed by atoms with Gasteiger partial charge < -0.3 is 34.6 Å². The van der Waals surface area contributed by atoms with Gasteiger partial charge in [0.15, 0.2) is 29.1 Å². The summed E-state index contributed by atoms with van der Waals surface area (Å²) >= 11 is 0. The first kappa shape index (κ1) is 20.6.